The van der Waals surface area contributed by atoms with Crippen molar-refractivity contribution in [3.8, 4) is 5.69 Å². The Morgan fingerprint density at radius 3 is 2.50 bits per heavy atom. The Morgan fingerprint density at radius 2 is 1.81 bits per heavy atom. The molecule has 0 aliphatic rings. The van der Waals surface area contributed by atoms with Gasteiger partial charge in [0.05, 0.1) is 17.4 Å². The third kappa shape index (κ3) is 3.28. The molecule has 4 nitrogen and oxygen atoms in total. The first kappa shape index (κ1) is 16.6. The lowest BCUT2D eigenvalue weighted by atomic mass is 10.1. The number of fused-ring (bicyclic) bond motifs is 1. The van der Waals surface area contributed by atoms with Gasteiger partial charge in [0.2, 0.25) is 0 Å². The van der Waals surface area contributed by atoms with E-state index in [1.807, 2.05) is 29.8 Å². The molecular formula is C22H23N3O. The molecule has 0 radical (unpaired) electrons. The van der Waals surface area contributed by atoms with E-state index in [4.69, 9.17) is 4.42 Å². The summed E-state index contributed by atoms with van der Waals surface area (Å²) in [5.41, 5.74) is 5.44. The standard InChI is InChI=1S/C22H23N3O/c1-15-12-16(2)25(24-15)20-10-8-18(9-11-20)14-23-17(3)22-13-19-6-4-5-7-21(19)26-22/h4-13,17,23H,14H2,1-3H3. The molecule has 0 fully saturated rings. The van der Waals surface area contributed by atoms with E-state index in [0.717, 1.165) is 40.3 Å². The zero-order chi connectivity index (χ0) is 18.1. The topological polar surface area (TPSA) is 43.0 Å². The lowest BCUT2D eigenvalue weighted by molar-refractivity contribution is 0.451. The van der Waals surface area contributed by atoms with Gasteiger partial charge in [-0.05, 0) is 56.7 Å². The van der Waals surface area contributed by atoms with Crippen LogP contribution >= 0.6 is 0 Å². The summed E-state index contributed by atoms with van der Waals surface area (Å²) >= 11 is 0. The van der Waals surface area contributed by atoms with Gasteiger partial charge in [-0.15, -0.1) is 0 Å². The normalized spacial score (nSPS) is 12.6. The van der Waals surface area contributed by atoms with Crippen molar-refractivity contribution in [1.82, 2.24) is 15.1 Å². The zero-order valence-corrected chi connectivity index (χ0v) is 15.4. The molecule has 0 saturated heterocycles. The molecule has 4 heteroatoms. The maximum absolute atomic E-state index is 5.94. The quantitative estimate of drug-likeness (QED) is 0.548. The second-order valence-corrected chi connectivity index (χ2v) is 6.79. The van der Waals surface area contributed by atoms with E-state index in [0.29, 0.717) is 0 Å². The Balaban J connectivity index is 1.43. The largest absolute Gasteiger partial charge is 0.459 e. The van der Waals surface area contributed by atoms with Crippen molar-refractivity contribution in [2.75, 3.05) is 0 Å². The molecule has 2 aromatic carbocycles. The van der Waals surface area contributed by atoms with Crippen molar-refractivity contribution in [3.05, 3.63) is 83.4 Å². The Kier molecular flexibility index (Phi) is 4.35. The number of nitrogens with zero attached hydrogens (tertiary/aromatic N) is 2. The number of hydrogen-bond donors (Lipinski definition) is 1. The van der Waals surface area contributed by atoms with Gasteiger partial charge in [-0.25, -0.2) is 4.68 Å². The maximum atomic E-state index is 5.94. The fraction of sp³-hybridized carbons (Fsp3) is 0.227. The first-order valence-electron chi connectivity index (χ1n) is 8.94. The van der Waals surface area contributed by atoms with Crippen molar-refractivity contribution in [3.63, 3.8) is 0 Å². The Morgan fingerprint density at radius 1 is 1.04 bits per heavy atom. The molecule has 0 saturated carbocycles. The predicted octanol–water partition coefficient (Wildman–Crippen LogP) is 5.09. The zero-order valence-electron chi connectivity index (χ0n) is 15.4. The van der Waals surface area contributed by atoms with E-state index in [-0.39, 0.29) is 6.04 Å². The summed E-state index contributed by atoms with van der Waals surface area (Å²) in [7, 11) is 0. The molecule has 2 heterocycles. The average molecular weight is 345 g/mol. The lowest BCUT2D eigenvalue weighted by Gasteiger charge is -2.12. The van der Waals surface area contributed by atoms with E-state index >= 15 is 0 Å². The van der Waals surface area contributed by atoms with Crippen LogP contribution in [0.15, 0.2) is 65.1 Å². The van der Waals surface area contributed by atoms with E-state index in [1.165, 1.54) is 5.56 Å². The number of furan rings is 1. The summed E-state index contributed by atoms with van der Waals surface area (Å²) in [5.74, 6) is 0.963. The number of hydrogen-bond acceptors (Lipinski definition) is 3. The Bertz CT molecular complexity index is 994. The highest BCUT2D eigenvalue weighted by Gasteiger charge is 2.11. The number of nitrogens with one attached hydrogen (secondary N) is 1. The van der Waals surface area contributed by atoms with Gasteiger partial charge in [-0.3, -0.25) is 0 Å². The van der Waals surface area contributed by atoms with Gasteiger partial charge < -0.3 is 9.73 Å². The highest BCUT2D eigenvalue weighted by molar-refractivity contribution is 5.77. The van der Waals surface area contributed by atoms with Crippen LogP contribution < -0.4 is 5.32 Å². The fourth-order valence-corrected chi connectivity index (χ4v) is 3.23. The second-order valence-electron chi connectivity index (χ2n) is 6.79. The van der Waals surface area contributed by atoms with Crippen LogP contribution in [0.5, 0.6) is 0 Å². The number of aryl methyl sites for hydroxylation is 2. The highest BCUT2D eigenvalue weighted by atomic mass is 16.3. The molecule has 0 spiro atoms. The summed E-state index contributed by atoms with van der Waals surface area (Å²) in [5, 5.41) is 9.21. The smallest absolute Gasteiger partial charge is 0.134 e. The molecule has 1 unspecified atom stereocenters. The van der Waals surface area contributed by atoms with Gasteiger partial charge in [0.15, 0.2) is 0 Å². The summed E-state index contributed by atoms with van der Waals surface area (Å²) in [6.45, 7) is 7.00. The number of benzene rings is 2. The molecule has 2 aromatic heterocycles. The monoisotopic (exact) mass is 345 g/mol. The van der Waals surface area contributed by atoms with Gasteiger partial charge in [0, 0.05) is 17.6 Å². The molecular weight excluding hydrogens is 322 g/mol. The molecule has 1 atom stereocenters. The maximum Gasteiger partial charge on any atom is 0.134 e. The van der Waals surface area contributed by atoms with Crippen LogP contribution in [0.4, 0.5) is 0 Å². The fourth-order valence-electron chi connectivity index (χ4n) is 3.23. The van der Waals surface area contributed by atoms with Crippen LogP contribution in [-0.4, -0.2) is 9.78 Å². The molecule has 0 amide bonds. The van der Waals surface area contributed by atoms with Crippen LogP contribution in [-0.2, 0) is 6.54 Å². The van der Waals surface area contributed by atoms with Crippen molar-refractivity contribution in [2.45, 2.75) is 33.4 Å². The van der Waals surface area contributed by atoms with Crippen LogP contribution in [0.2, 0.25) is 0 Å². The van der Waals surface area contributed by atoms with Gasteiger partial charge in [-0.2, -0.15) is 5.10 Å². The van der Waals surface area contributed by atoms with E-state index in [9.17, 15) is 0 Å². The van der Waals surface area contributed by atoms with Gasteiger partial charge >= 0.3 is 0 Å². The summed E-state index contributed by atoms with van der Waals surface area (Å²) in [6.07, 6.45) is 0. The average Bonchev–Trinajstić information content (AvgIpc) is 3.23. The number of rotatable bonds is 5. The minimum atomic E-state index is 0.151. The lowest BCUT2D eigenvalue weighted by Crippen LogP contribution is -2.17. The Labute approximate surface area is 153 Å². The predicted molar refractivity (Wildman–Crippen MR) is 105 cm³/mol. The molecule has 1 N–H and O–H groups in total. The van der Waals surface area contributed by atoms with Crippen molar-refractivity contribution in [1.29, 1.82) is 0 Å². The van der Waals surface area contributed by atoms with E-state index < -0.39 is 0 Å². The Hall–Kier alpha value is -2.85. The third-order valence-corrected chi connectivity index (χ3v) is 4.67. The van der Waals surface area contributed by atoms with Crippen molar-refractivity contribution < 1.29 is 4.42 Å². The van der Waals surface area contributed by atoms with Crippen LogP contribution in [0.25, 0.3) is 16.7 Å². The van der Waals surface area contributed by atoms with Crippen molar-refractivity contribution >= 4 is 11.0 Å². The summed E-state index contributed by atoms with van der Waals surface area (Å²) in [6, 6.07) is 21.0. The van der Waals surface area contributed by atoms with Gasteiger partial charge in [0.25, 0.3) is 0 Å². The van der Waals surface area contributed by atoms with Crippen LogP contribution in [0.3, 0.4) is 0 Å². The van der Waals surface area contributed by atoms with E-state index in [1.54, 1.807) is 0 Å². The second kappa shape index (κ2) is 6.81. The first-order chi connectivity index (χ1) is 12.6. The molecule has 132 valence electrons. The molecule has 0 aliphatic carbocycles. The van der Waals surface area contributed by atoms with E-state index in [2.05, 4.69) is 66.7 Å². The minimum absolute atomic E-state index is 0.151. The molecule has 26 heavy (non-hydrogen) atoms. The SMILES string of the molecule is Cc1cc(C)n(-c2ccc(CNC(C)c3cc4ccccc4o3)cc2)n1. The minimum Gasteiger partial charge on any atom is -0.459 e. The van der Waals surface area contributed by atoms with Crippen LogP contribution in [0, 0.1) is 13.8 Å². The number of aromatic nitrogens is 2. The summed E-state index contributed by atoms with van der Waals surface area (Å²) < 4.78 is 7.91. The highest BCUT2D eigenvalue weighted by Crippen LogP contribution is 2.24. The van der Waals surface area contributed by atoms with Gasteiger partial charge in [0.1, 0.15) is 11.3 Å². The molecule has 0 aliphatic heterocycles. The summed E-state index contributed by atoms with van der Waals surface area (Å²) in [4.78, 5) is 0. The van der Waals surface area contributed by atoms with Crippen molar-refractivity contribution in [2.24, 2.45) is 0 Å². The molecule has 0 bridgehead atoms. The molecule has 4 aromatic rings. The van der Waals surface area contributed by atoms with Gasteiger partial charge in [-0.1, -0.05) is 30.3 Å². The third-order valence-electron chi connectivity index (χ3n) is 4.67. The number of para-hydroxylation sites is 1. The molecule has 4 rings (SSSR count). The first-order valence-corrected chi connectivity index (χ1v) is 8.94. The van der Waals surface area contributed by atoms with Crippen LogP contribution in [0.1, 0.15) is 35.7 Å².